The zero-order valence-electron chi connectivity index (χ0n) is 10.7. The molecule has 0 spiro atoms. The standard InChI is InChI=1S/C13H17BrN4/c1-3-15-6-7-18(2)12-4-5-16-11-8-10(14)9-17-13(11)12/h4-5,8-9,15H,3,6-7H2,1-2H3. The van der Waals surface area contributed by atoms with Crippen molar-refractivity contribution >= 4 is 32.7 Å². The highest BCUT2D eigenvalue weighted by atomic mass is 79.9. The lowest BCUT2D eigenvalue weighted by molar-refractivity contribution is 0.706. The molecule has 0 unspecified atom stereocenters. The molecule has 1 N–H and O–H groups in total. The Kier molecular flexibility index (Phi) is 4.49. The van der Waals surface area contributed by atoms with Crippen molar-refractivity contribution < 1.29 is 0 Å². The van der Waals surface area contributed by atoms with Crippen LogP contribution in [0.25, 0.3) is 11.0 Å². The molecule has 2 heterocycles. The lowest BCUT2D eigenvalue weighted by Gasteiger charge is -2.20. The molecule has 0 bridgehead atoms. The molecule has 2 rings (SSSR count). The lowest BCUT2D eigenvalue weighted by Crippen LogP contribution is -2.29. The molecule has 2 aromatic heterocycles. The predicted octanol–water partition coefficient (Wildman–Crippen LogP) is 2.44. The third-order valence-electron chi connectivity index (χ3n) is 2.81. The van der Waals surface area contributed by atoms with Gasteiger partial charge in [0.05, 0.1) is 11.2 Å². The maximum atomic E-state index is 4.46. The Hall–Kier alpha value is -1.20. The highest BCUT2D eigenvalue weighted by Crippen LogP contribution is 2.24. The van der Waals surface area contributed by atoms with E-state index in [9.17, 15) is 0 Å². The van der Waals surface area contributed by atoms with Gasteiger partial charge in [0.2, 0.25) is 0 Å². The number of hydrogen-bond acceptors (Lipinski definition) is 4. The first-order chi connectivity index (χ1) is 8.72. The van der Waals surface area contributed by atoms with Gasteiger partial charge in [0.25, 0.3) is 0 Å². The number of likely N-dealkylation sites (N-methyl/N-ethyl adjacent to an activating group) is 2. The Bertz CT molecular complexity index is 529. The molecular formula is C13H17BrN4. The molecule has 0 aliphatic carbocycles. The summed E-state index contributed by atoms with van der Waals surface area (Å²) in [6, 6.07) is 4.00. The Morgan fingerprint density at radius 1 is 1.39 bits per heavy atom. The Morgan fingerprint density at radius 3 is 3.00 bits per heavy atom. The van der Waals surface area contributed by atoms with Gasteiger partial charge in [-0.15, -0.1) is 0 Å². The van der Waals surface area contributed by atoms with Crippen LogP contribution in [0, 0.1) is 0 Å². The molecular weight excluding hydrogens is 292 g/mol. The van der Waals surface area contributed by atoms with Crippen LogP contribution in [0.4, 0.5) is 5.69 Å². The van der Waals surface area contributed by atoms with E-state index < -0.39 is 0 Å². The van der Waals surface area contributed by atoms with Crippen LogP contribution in [-0.2, 0) is 0 Å². The molecule has 0 aliphatic rings. The highest BCUT2D eigenvalue weighted by molar-refractivity contribution is 9.10. The molecule has 5 heteroatoms. The molecule has 2 aromatic rings. The van der Waals surface area contributed by atoms with Gasteiger partial charge in [-0.2, -0.15) is 0 Å². The first-order valence-electron chi connectivity index (χ1n) is 6.04. The highest BCUT2D eigenvalue weighted by Gasteiger charge is 2.07. The van der Waals surface area contributed by atoms with Crippen molar-refractivity contribution in [3.63, 3.8) is 0 Å². The topological polar surface area (TPSA) is 41.0 Å². The van der Waals surface area contributed by atoms with Crippen LogP contribution < -0.4 is 10.2 Å². The second-order valence-corrected chi connectivity index (χ2v) is 5.04. The summed E-state index contributed by atoms with van der Waals surface area (Å²) in [4.78, 5) is 11.0. The van der Waals surface area contributed by atoms with Crippen LogP contribution in [0.2, 0.25) is 0 Å². The normalized spacial score (nSPS) is 10.8. The van der Waals surface area contributed by atoms with Gasteiger partial charge in [-0.3, -0.25) is 9.97 Å². The van der Waals surface area contributed by atoms with E-state index in [1.54, 1.807) is 0 Å². The number of nitrogens with zero attached hydrogens (tertiary/aromatic N) is 3. The summed E-state index contributed by atoms with van der Waals surface area (Å²) in [5, 5.41) is 3.32. The van der Waals surface area contributed by atoms with Crippen molar-refractivity contribution in [2.24, 2.45) is 0 Å². The van der Waals surface area contributed by atoms with Crippen molar-refractivity contribution in [1.82, 2.24) is 15.3 Å². The van der Waals surface area contributed by atoms with Gasteiger partial charge in [-0.1, -0.05) is 6.92 Å². The maximum absolute atomic E-state index is 4.46. The molecule has 96 valence electrons. The van der Waals surface area contributed by atoms with Gasteiger partial charge in [-0.25, -0.2) is 0 Å². The van der Waals surface area contributed by atoms with Crippen LogP contribution in [0.5, 0.6) is 0 Å². The molecule has 0 atom stereocenters. The quantitative estimate of drug-likeness (QED) is 0.861. The number of nitrogens with one attached hydrogen (secondary N) is 1. The van der Waals surface area contributed by atoms with Gasteiger partial charge in [0.15, 0.2) is 0 Å². The van der Waals surface area contributed by atoms with E-state index in [0.29, 0.717) is 0 Å². The first-order valence-corrected chi connectivity index (χ1v) is 6.83. The fraction of sp³-hybridized carbons (Fsp3) is 0.385. The summed E-state index contributed by atoms with van der Waals surface area (Å²) < 4.78 is 0.954. The number of halogens is 1. The van der Waals surface area contributed by atoms with Crippen molar-refractivity contribution in [3.8, 4) is 0 Å². The van der Waals surface area contributed by atoms with Crippen molar-refractivity contribution in [2.75, 3.05) is 31.6 Å². The summed E-state index contributed by atoms with van der Waals surface area (Å²) in [7, 11) is 2.08. The minimum Gasteiger partial charge on any atom is -0.371 e. The molecule has 18 heavy (non-hydrogen) atoms. The Morgan fingerprint density at radius 2 is 2.22 bits per heavy atom. The van der Waals surface area contributed by atoms with E-state index in [1.807, 2.05) is 24.5 Å². The monoisotopic (exact) mass is 308 g/mol. The van der Waals surface area contributed by atoms with Gasteiger partial charge >= 0.3 is 0 Å². The molecule has 0 aromatic carbocycles. The third kappa shape index (κ3) is 2.97. The summed E-state index contributed by atoms with van der Waals surface area (Å²) in [6.45, 7) is 5.02. The second-order valence-electron chi connectivity index (χ2n) is 4.13. The molecule has 0 radical (unpaired) electrons. The van der Waals surface area contributed by atoms with Gasteiger partial charge in [-0.05, 0) is 34.6 Å². The number of rotatable bonds is 5. The lowest BCUT2D eigenvalue weighted by atomic mass is 10.2. The largest absolute Gasteiger partial charge is 0.371 e. The van der Waals surface area contributed by atoms with E-state index >= 15 is 0 Å². The third-order valence-corrected chi connectivity index (χ3v) is 3.24. The molecule has 0 amide bonds. The van der Waals surface area contributed by atoms with Crippen LogP contribution in [0.3, 0.4) is 0 Å². The van der Waals surface area contributed by atoms with Crippen LogP contribution in [0.1, 0.15) is 6.92 Å². The average molecular weight is 309 g/mol. The summed E-state index contributed by atoms with van der Waals surface area (Å²) in [6.07, 6.45) is 3.64. The second kappa shape index (κ2) is 6.11. The predicted molar refractivity (Wildman–Crippen MR) is 79.1 cm³/mol. The van der Waals surface area contributed by atoms with Gasteiger partial charge in [0, 0.05) is 37.0 Å². The number of anilines is 1. The van der Waals surface area contributed by atoms with Crippen molar-refractivity contribution in [3.05, 3.63) is 29.0 Å². The number of aromatic nitrogens is 2. The number of hydrogen-bond donors (Lipinski definition) is 1. The smallest absolute Gasteiger partial charge is 0.112 e. The molecule has 0 fully saturated rings. The van der Waals surface area contributed by atoms with Crippen LogP contribution in [0.15, 0.2) is 29.0 Å². The number of pyridine rings is 2. The molecule has 0 saturated heterocycles. The average Bonchev–Trinajstić information content (AvgIpc) is 2.37. The zero-order chi connectivity index (χ0) is 13.0. The van der Waals surface area contributed by atoms with Crippen LogP contribution in [-0.4, -0.2) is 36.6 Å². The van der Waals surface area contributed by atoms with Crippen LogP contribution >= 0.6 is 15.9 Å². The van der Waals surface area contributed by atoms with E-state index in [4.69, 9.17) is 0 Å². The fourth-order valence-electron chi connectivity index (χ4n) is 1.84. The fourth-order valence-corrected chi connectivity index (χ4v) is 2.16. The van der Waals surface area contributed by atoms with Crippen molar-refractivity contribution in [2.45, 2.75) is 6.92 Å². The van der Waals surface area contributed by atoms with E-state index in [0.717, 1.165) is 40.8 Å². The van der Waals surface area contributed by atoms with E-state index in [1.165, 1.54) is 0 Å². The Balaban J connectivity index is 2.27. The summed E-state index contributed by atoms with van der Waals surface area (Å²) >= 11 is 3.42. The number of fused-ring (bicyclic) bond motifs is 1. The zero-order valence-corrected chi connectivity index (χ0v) is 12.2. The van der Waals surface area contributed by atoms with Gasteiger partial charge < -0.3 is 10.2 Å². The first kappa shape index (κ1) is 13.2. The molecule has 0 saturated carbocycles. The maximum Gasteiger partial charge on any atom is 0.112 e. The summed E-state index contributed by atoms with van der Waals surface area (Å²) in [5.74, 6) is 0. The minimum atomic E-state index is 0.914. The van der Waals surface area contributed by atoms with Gasteiger partial charge in [0.1, 0.15) is 5.52 Å². The van der Waals surface area contributed by atoms with E-state index in [-0.39, 0.29) is 0 Å². The Labute approximate surface area is 116 Å². The molecule has 0 aliphatic heterocycles. The van der Waals surface area contributed by atoms with Crippen molar-refractivity contribution in [1.29, 1.82) is 0 Å². The van der Waals surface area contributed by atoms with E-state index in [2.05, 4.69) is 50.1 Å². The SMILES string of the molecule is CCNCCN(C)c1ccnc2cc(Br)cnc12. The minimum absolute atomic E-state index is 0.914. The summed E-state index contributed by atoms with van der Waals surface area (Å²) in [5.41, 5.74) is 2.97. The molecule has 4 nitrogen and oxygen atoms in total.